The normalized spacial score (nSPS) is 10.2. The van der Waals surface area contributed by atoms with Crippen molar-refractivity contribution in [2.45, 2.75) is 39.5 Å². The highest BCUT2D eigenvalue weighted by Crippen LogP contribution is 2.26. The average Bonchev–Trinajstić information content (AvgIpc) is 2.47. The Kier molecular flexibility index (Phi) is 6.58. The number of amides is 1. The zero-order valence-electron chi connectivity index (χ0n) is 12.4. The minimum absolute atomic E-state index is 0.0247. The molecule has 0 bridgehead atoms. The van der Waals surface area contributed by atoms with Crippen molar-refractivity contribution in [1.29, 1.82) is 5.26 Å². The molecule has 0 aromatic heterocycles. The van der Waals surface area contributed by atoms with E-state index < -0.39 is 0 Å². The first-order valence-corrected chi connectivity index (χ1v) is 7.05. The molecule has 1 N–H and O–H groups in total. The molecular formula is C16H22N2O2. The predicted octanol–water partition coefficient (Wildman–Crippen LogP) is 3.72. The molecule has 0 unspecified atom stereocenters. The second kappa shape index (κ2) is 8.21. The van der Waals surface area contributed by atoms with Gasteiger partial charge in [0.25, 0.3) is 0 Å². The molecule has 1 rings (SSSR count). The Balaban J connectivity index is 2.86. The molecule has 1 aromatic rings. The molecule has 0 saturated carbocycles. The minimum atomic E-state index is 0.0247. The number of methoxy groups -OCH3 is 1. The Morgan fingerprint density at radius 1 is 1.35 bits per heavy atom. The summed E-state index contributed by atoms with van der Waals surface area (Å²) in [6, 6.07) is 7.07. The molecule has 0 fully saturated rings. The molecule has 0 saturated heterocycles. The van der Waals surface area contributed by atoms with E-state index in [0.717, 1.165) is 25.7 Å². The number of carbonyl (C=O) groups excluding carboxylic acids is 1. The van der Waals surface area contributed by atoms with E-state index in [9.17, 15) is 4.79 Å². The van der Waals surface area contributed by atoms with Crippen LogP contribution in [0, 0.1) is 17.2 Å². The fourth-order valence-electron chi connectivity index (χ4n) is 2.20. The quantitative estimate of drug-likeness (QED) is 0.824. The van der Waals surface area contributed by atoms with Crippen molar-refractivity contribution in [1.82, 2.24) is 0 Å². The van der Waals surface area contributed by atoms with Gasteiger partial charge in [-0.3, -0.25) is 4.79 Å². The fourth-order valence-corrected chi connectivity index (χ4v) is 2.20. The van der Waals surface area contributed by atoms with Gasteiger partial charge in [-0.25, -0.2) is 0 Å². The third-order valence-electron chi connectivity index (χ3n) is 3.23. The standard InChI is InChI=1S/C16H22N2O2/c1-4-6-13(7-5-2)16(19)18-14-9-8-12(11-17)10-15(14)20-3/h8-10,13H,4-7H2,1-3H3,(H,18,19). The highest BCUT2D eigenvalue weighted by atomic mass is 16.5. The summed E-state index contributed by atoms with van der Waals surface area (Å²) in [5, 5.41) is 11.8. The van der Waals surface area contributed by atoms with Crippen molar-refractivity contribution >= 4 is 11.6 Å². The molecule has 0 aliphatic carbocycles. The van der Waals surface area contributed by atoms with Crippen LogP contribution in [0.15, 0.2) is 18.2 Å². The molecule has 20 heavy (non-hydrogen) atoms. The van der Waals surface area contributed by atoms with Crippen LogP contribution in [0.5, 0.6) is 5.75 Å². The van der Waals surface area contributed by atoms with Gasteiger partial charge >= 0.3 is 0 Å². The number of nitrogens with one attached hydrogen (secondary N) is 1. The number of ether oxygens (including phenoxy) is 1. The van der Waals surface area contributed by atoms with Gasteiger partial charge in [0.15, 0.2) is 0 Å². The Bertz CT molecular complexity index is 486. The van der Waals surface area contributed by atoms with Gasteiger partial charge in [-0.05, 0) is 25.0 Å². The highest BCUT2D eigenvalue weighted by molar-refractivity contribution is 5.94. The van der Waals surface area contributed by atoms with Crippen molar-refractivity contribution in [2.75, 3.05) is 12.4 Å². The van der Waals surface area contributed by atoms with Crippen LogP contribution in [0.4, 0.5) is 5.69 Å². The minimum Gasteiger partial charge on any atom is -0.495 e. The number of hydrogen-bond acceptors (Lipinski definition) is 3. The van der Waals surface area contributed by atoms with Crippen LogP contribution in [-0.4, -0.2) is 13.0 Å². The summed E-state index contributed by atoms with van der Waals surface area (Å²) >= 11 is 0. The van der Waals surface area contributed by atoms with Crippen LogP contribution < -0.4 is 10.1 Å². The molecule has 4 heteroatoms. The smallest absolute Gasteiger partial charge is 0.227 e. The predicted molar refractivity (Wildman–Crippen MR) is 79.6 cm³/mol. The molecule has 0 radical (unpaired) electrons. The largest absolute Gasteiger partial charge is 0.495 e. The van der Waals surface area contributed by atoms with Crippen molar-refractivity contribution in [2.24, 2.45) is 5.92 Å². The van der Waals surface area contributed by atoms with E-state index in [1.807, 2.05) is 0 Å². The molecule has 0 atom stereocenters. The molecule has 0 heterocycles. The van der Waals surface area contributed by atoms with E-state index in [-0.39, 0.29) is 11.8 Å². The molecule has 108 valence electrons. The third-order valence-corrected chi connectivity index (χ3v) is 3.23. The van der Waals surface area contributed by atoms with E-state index in [4.69, 9.17) is 10.00 Å². The third kappa shape index (κ3) is 4.27. The van der Waals surface area contributed by atoms with Gasteiger partial charge < -0.3 is 10.1 Å². The summed E-state index contributed by atoms with van der Waals surface area (Å²) < 4.78 is 5.22. The molecule has 1 amide bonds. The summed E-state index contributed by atoms with van der Waals surface area (Å²) in [7, 11) is 1.53. The molecule has 1 aromatic carbocycles. The Labute approximate surface area is 120 Å². The zero-order chi connectivity index (χ0) is 15.0. The second-order valence-corrected chi connectivity index (χ2v) is 4.79. The van der Waals surface area contributed by atoms with Crippen LogP contribution in [0.2, 0.25) is 0 Å². The van der Waals surface area contributed by atoms with Gasteiger partial charge in [-0.15, -0.1) is 0 Å². The molecule has 4 nitrogen and oxygen atoms in total. The van der Waals surface area contributed by atoms with Gasteiger partial charge in [-0.2, -0.15) is 5.26 Å². The van der Waals surface area contributed by atoms with Crippen molar-refractivity contribution in [3.8, 4) is 11.8 Å². The summed E-state index contributed by atoms with van der Waals surface area (Å²) in [5.74, 6) is 0.575. The number of anilines is 1. The SMILES string of the molecule is CCCC(CCC)C(=O)Nc1ccc(C#N)cc1OC. The maximum atomic E-state index is 12.3. The molecule has 0 spiro atoms. The lowest BCUT2D eigenvalue weighted by Gasteiger charge is -2.16. The number of nitrogens with zero attached hydrogens (tertiary/aromatic N) is 1. The Morgan fingerprint density at radius 3 is 2.50 bits per heavy atom. The maximum absolute atomic E-state index is 12.3. The van der Waals surface area contributed by atoms with E-state index in [2.05, 4.69) is 25.2 Å². The van der Waals surface area contributed by atoms with E-state index in [1.165, 1.54) is 7.11 Å². The van der Waals surface area contributed by atoms with Crippen LogP contribution in [0.1, 0.15) is 45.1 Å². The van der Waals surface area contributed by atoms with Crippen molar-refractivity contribution in [3.63, 3.8) is 0 Å². The summed E-state index contributed by atoms with van der Waals surface area (Å²) in [6.45, 7) is 4.16. The average molecular weight is 274 g/mol. The van der Waals surface area contributed by atoms with Gasteiger partial charge in [0.1, 0.15) is 5.75 Å². The number of carbonyl (C=O) groups is 1. The number of hydrogen-bond donors (Lipinski definition) is 1. The van der Waals surface area contributed by atoms with Gasteiger partial charge in [-0.1, -0.05) is 26.7 Å². The van der Waals surface area contributed by atoms with Gasteiger partial charge in [0, 0.05) is 12.0 Å². The zero-order valence-corrected chi connectivity index (χ0v) is 12.4. The Morgan fingerprint density at radius 2 is 2.00 bits per heavy atom. The van der Waals surface area contributed by atoms with Gasteiger partial charge in [0.05, 0.1) is 24.4 Å². The maximum Gasteiger partial charge on any atom is 0.227 e. The number of benzene rings is 1. The van der Waals surface area contributed by atoms with E-state index >= 15 is 0 Å². The fraction of sp³-hybridized carbons (Fsp3) is 0.500. The molecule has 0 aliphatic heterocycles. The number of nitriles is 1. The summed E-state index contributed by atoms with van der Waals surface area (Å²) in [5.41, 5.74) is 1.13. The van der Waals surface area contributed by atoms with E-state index in [0.29, 0.717) is 17.0 Å². The number of rotatable bonds is 7. The molecule has 0 aliphatic rings. The second-order valence-electron chi connectivity index (χ2n) is 4.79. The Hall–Kier alpha value is -2.02. The highest BCUT2D eigenvalue weighted by Gasteiger charge is 2.18. The first-order valence-electron chi connectivity index (χ1n) is 7.05. The lowest BCUT2D eigenvalue weighted by Crippen LogP contribution is -2.23. The van der Waals surface area contributed by atoms with Crippen molar-refractivity contribution in [3.05, 3.63) is 23.8 Å². The monoisotopic (exact) mass is 274 g/mol. The summed E-state index contributed by atoms with van der Waals surface area (Å²) in [4.78, 5) is 12.3. The van der Waals surface area contributed by atoms with Crippen LogP contribution in [0.25, 0.3) is 0 Å². The topological polar surface area (TPSA) is 62.1 Å². The lowest BCUT2D eigenvalue weighted by molar-refractivity contribution is -0.120. The van der Waals surface area contributed by atoms with Crippen LogP contribution >= 0.6 is 0 Å². The van der Waals surface area contributed by atoms with Crippen LogP contribution in [0.3, 0.4) is 0 Å². The molecular weight excluding hydrogens is 252 g/mol. The lowest BCUT2D eigenvalue weighted by atomic mass is 9.97. The summed E-state index contributed by atoms with van der Waals surface area (Å²) in [6.07, 6.45) is 3.75. The van der Waals surface area contributed by atoms with E-state index in [1.54, 1.807) is 18.2 Å². The van der Waals surface area contributed by atoms with Crippen LogP contribution in [-0.2, 0) is 4.79 Å². The first kappa shape index (κ1) is 16.0. The van der Waals surface area contributed by atoms with Crippen molar-refractivity contribution < 1.29 is 9.53 Å². The first-order chi connectivity index (χ1) is 9.65. The van der Waals surface area contributed by atoms with Gasteiger partial charge in [0.2, 0.25) is 5.91 Å².